The van der Waals surface area contributed by atoms with Gasteiger partial charge in [-0.15, -0.1) is 10.2 Å². The lowest BCUT2D eigenvalue weighted by Gasteiger charge is -2.26. The second-order valence-electron chi connectivity index (χ2n) is 5.33. The highest BCUT2D eigenvalue weighted by Gasteiger charge is 2.17. The number of nitrogens with zero attached hydrogens (tertiary/aromatic N) is 5. The summed E-state index contributed by atoms with van der Waals surface area (Å²) in [6.45, 7) is 2.63. The summed E-state index contributed by atoms with van der Waals surface area (Å²) in [4.78, 5) is 14.9. The maximum absolute atomic E-state index is 12.2. The molecule has 8 heteroatoms. The first-order chi connectivity index (χ1) is 11.3. The van der Waals surface area contributed by atoms with E-state index in [4.69, 9.17) is 4.74 Å². The van der Waals surface area contributed by atoms with Crippen LogP contribution < -0.4 is 0 Å². The van der Waals surface area contributed by atoms with Crippen molar-refractivity contribution < 1.29 is 9.53 Å². The molecule has 1 aromatic carbocycles. The van der Waals surface area contributed by atoms with Crippen molar-refractivity contribution >= 4 is 22.2 Å². The first-order valence-electron chi connectivity index (χ1n) is 7.41. The van der Waals surface area contributed by atoms with Crippen molar-refractivity contribution in [3.8, 4) is 10.6 Å². The summed E-state index contributed by atoms with van der Waals surface area (Å²) in [5.74, 6) is 0.153. The van der Waals surface area contributed by atoms with E-state index in [1.165, 1.54) is 11.3 Å². The molecule has 2 aromatic heterocycles. The van der Waals surface area contributed by atoms with Crippen LogP contribution in [0, 0.1) is 0 Å². The maximum atomic E-state index is 12.2. The smallest absolute Gasteiger partial charge is 0.234 e. The predicted octanol–water partition coefficient (Wildman–Crippen LogP) is 1.25. The minimum atomic E-state index is 0.153. The van der Waals surface area contributed by atoms with Gasteiger partial charge < -0.3 is 9.64 Å². The van der Waals surface area contributed by atoms with E-state index >= 15 is 0 Å². The number of ether oxygens (including phenoxy) is 1. The van der Waals surface area contributed by atoms with Gasteiger partial charge in [-0.3, -0.25) is 4.79 Å². The van der Waals surface area contributed by atoms with E-state index in [1.807, 2.05) is 29.2 Å². The second-order valence-corrected chi connectivity index (χ2v) is 6.29. The first-order valence-corrected chi connectivity index (χ1v) is 8.23. The normalized spacial score (nSPS) is 15.2. The van der Waals surface area contributed by atoms with Crippen LogP contribution >= 0.6 is 11.3 Å². The Labute approximate surface area is 136 Å². The summed E-state index contributed by atoms with van der Waals surface area (Å²) < 4.78 is 6.93. The zero-order valence-corrected chi connectivity index (χ0v) is 13.2. The lowest BCUT2D eigenvalue weighted by atomic mass is 10.1. The third-order valence-corrected chi connectivity index (χ3v) is 4.77. The number of carbonyl (C=O) groups is 1. The number of hydrogen-bond acceptors (Lipinski definition) is 6. The van der Waals surface area contributed by atoms with E-state index < -0.39 is 0 Å². The van der Waals surface area contributed by atoms with Crippen LogP contribution in [-0.4, -0.2) is 56.9 Å². The van der Waals surface area contributed by atoms with Crippen molar-refractivity contribution in [2.45, 2.75) is 6.42 Å². The highest BCUT2D eigenvalue weighted by Crippen LogP contribution is 2.25. The fraction of sp³-hybridized carbons (Fsp3) is 0.333. The molecule has 4 rings (SSSR count). The zero-order chi connectivity index (χ0) is 15.6. The van der Waals surface area contributed by atoms with Crippen LogP contribution in [-0.2, 0) is 16.0 Å². The number of benzene rings is 1. The molecule has 1 aliphatic rings. The third kappa shape index (κ3) is 2.95. The minimum absolute atomic E-state index is 0.153. The van der Waals surface area contributed by atoms with Crippen molar-refractivity contribution in [1.29, 1.82) is 0 Å². The molecule has 0 N–H and O–H groups in total. The molecule has 1 aliphatic heterocycles. The molecule has 23 heavy (non-hydrogen) atoms. The Balaban J connectivity index is 1.47. The van der Waals surface area contributed by atoms with E-state index in [-0.39, 0.29) is 5.91 Å². The molecule has 0 spiro atoms. The van der Waals surface area contributed by atoms with Crippen LogP contribution in [0.15, 0.2) is 30.6 Å². The van der Waals surface area contributed by atoms with Gasteiger partial charge in [0.05, 0.1) is 19.6 Å². The van der Waals surface area contributed by atoms with Crippen molar-refractivity contribution in [3.05, 3.63) is 36.2 Å². The number of carbonyl (C=O) groups excluding carboxylic acids is 1. The van der Waals surface area contributed by atoms with E-state index in [9.17, 15) is 4.79 Å². The summed E-state index contributed by atoms with van der Waals surface area (Å²) in [5, 5.41) is 13.1. The van der Waals surface area contributed by atoms with Crippen molar-refractivity contribution in [1.82, 2.24) is 24.7 Å². The predicted molar refractivity (Wildman–Crippen MR) is 85.2 cm³/mol. The Morgan fingerprint density at radius 1 is 1.22 bits per heavy atom. The Morgan fingerprint density at radius 3 is 2.74 bits per heavy atom. The molecule has 7 nitrogen and oxygen atoms in total. The molecule has 3 aromatic rings. The van der Waals surface area contributed by atoms with Crippen molar-refractivity contribution in [2.75, 3.05) is 26.3 Å². The molecule has 0 atom stereocenters. The Bertz CT molecular complexity index is 791. The Morgan fingerprint density at radius 2 is 2.00 bits per heavy atom. The average molecular weight is 329 g/mol. The van der Waals surface area contributed by atoms with Gasteiger partial charge >= 0.3 is 0 Å². The Hall–Kier alpha value is -2.32. The molecule has 1 fully saturated rings. The SMILES string of the molecule is O=C(Cc1ccc(-c2nn3cnnc3s2)cc1)N1CCOCC1. The Kier molecular flexibility index (Phi) is 3.76. The number of fused-ring (bicyclic) bond motifs is 1. The van der Waals surface area contributed by atoms with Gasteiger partial charge in [-0.1, -0.05) is 35.6 Å². The van der Waals surface area contributed by atoms with E-state index in [0.29, 0.717) is 32.7 Å². The fourth-order valence-corrected chi connectivity index (χ4v) is 3.37. The molecule has 0 bridgehead atoms. The maximum Gasteiger partial charge on any atom is 0.234 e. The zero-order valence-electron chi connectivity index (χ0n) is 12.4. The molecule has 1 saturated heterocycles. The molecule has 0 aliphatic carbocycles. The molecule has 0 saturated carbocycles. The molecule has 0 radical (unpaired) electrons. The number of morpholine rings is 1. The van der Waals surface area contributed by atoms with Gasteiger partial charge in [-0.05, 0) is 5.56 Å². The van der Waals surface area contributed by atoms with Crippen LogP contribution in [0.25, 0.3) is 15.5 Å². The molecular weight excluding hydrogens is 314 g/mol. The summed E-state index contributed by atoms with van der Waals surface area (Å²) in [7, 11) is 0. The van der Waals surface area contributed by atoms with Crippen LogP contribution in [0.5, 0.6) is 0 Å². The quantitative estimate of drug-likeness (QED) is 0.723. The molecule has 118 valence electrons. The van der Waals surface area contributed by atoms with Gasteiger partial charge in [0, 0.05) is 18.7 Å². The van der Waals surface area contributed by atoms with Crippen molar-refractivity contribution in [3.63, 3.8) is 0 Å². The highest BCUT2D eigenvalue weighted by molar-refractivity contribution is 7.19. The number of aromatic nitrogens is 4. The monoisotopic (exact) mass is 329 g/mol. The third-order valence-electron chi connectivity index (χ3n) is 3.81. The summed E-state index contributed by atoms with van der Waals surface area (Å²) in [5.41, 5.74) is 2.02. The number of hydrogen-bond donors (Lipinski definition) is 0. The largest absolute Gasteiger partial charge is 0.378 e. The van der Waals surface area contributed by atoms with Gasteiger partial charge in [-0.25, -0.2) is 0 Å². The second kappa shape index (κ2) is 6.05. The van der Waals surface area contributed by atoms with Crippen LogP contribution in [0.2, 0.25) is 0 Å². The van der Waals surface area contributed by atoms with Crippen LogP contribution in [0.1, 0.15) is 5.56 Å². The van der Waals surface area contributed by atoms with Gasteiger partial charge in [0.25, 0.3) is 0 Å². The molecular formula is C15H15N5O2S. The highest BCUT2D eigenvalue weighted by atomic mass is 32.1. The number of amides is 1. The van der Waals surface area contributed by atoms with Gasteiger partial charge in [0.1, 0.15) is 11.3 Å². The summed E-state index contributed by atoms with van der Waals surface area (Å²) in [6.07, 6.45) is 2.01. The van der Waals surface area contributed by atoms with E-state index in [0.717, 1.165) is 21.1 Å². The van der Waals surface area contributed by atoms with E-state index in [2.05, 4.69) is 15.3 Å². The summed E-state index contributed by atoms with van der Waals surface area (Å²) >= 11 is 1.49. The van der Waals surface area contributed by atoms with E-state index in [1.54, 1.807) is 10.8 Å². The average Bonchev–Trinajstić information content (AvgIpc) is 3.18. The van der Waals surface area contributed by atoms with Gasteiger partial charge in [0.15, 0.2) is 0 Å². The summed E-state index contributed by atoms with van der Waals surface area (Å²) in [6, 6.07) is 7.95. The topological polar surface area (TPSA) is 72.6 Å². The van der Waals surface area contributed by atoms with Crippen LogP contribution in [0.4, 0.5) is 0 Å². The molecule has 3 heterocycles. The minimum Gasteiger partial charge on any atom is -0.378 e. The molecule has 0 unspecified atom stereocenters. The lowest BCUT2D eigenvalue weighted by molar-refractivity contribution is -0.134. The van der Waals surface area contributed by atoms with Crippen LogP contribution in [0.3, 0.4) is 0 Å². The lowest BCUT2D eigenvalue weighted by Crippen LogP contribution is -2.41. The fourth-order valence-electron chi connectivity index (χ4n) is 2.54. The number of rotatable bonds is 3. The first kappa shape index (κ1) is 14.3. The molecule has 1 amide bonds. The van der Waals surface area contributed by atoms with Gasteiger partial charge in [0.2, 0.25) is 10.9 Å². The standard InChI is InChI=1S/C15H15N5O2S/c21-13(19-5-7-22-8-6-19)9-11-1-3-12(4-2-11)14-18-20-10-16-17-15(20)23-14/h1-4,10H,5-9H2. The van der Waals surface area contributed by atoms with Gasteiger partial charge in [-0.2, -0.15) is 9.61 Å². The van der Waals surface area contributed by atoms with Crippen molar-refractivity contribution in [2.24, 2.45) is 0 Å².